The molecule has 2 rings (SSSR count). The summed E-state index contributed by atoms with van der Waals surface area (Å²) in [5.41, 5.74) is 0.417. The third-order valence-electron chi connectivity index (χ3n) is 1.69. The highest BCUT2D eigenvalue weighted by molar-refractivity contribution is 7.92. The summed E-state index contributed by atoms with van der Waals surface area (Å²) in [4.78, 5) is 0. The number of rotatable bonds is 1. The fraction of sp³-hybridized carbons (Fsp3) is 0.375. The highest BCUT2D eigenvalue weighted by Crippen LogP contribution is 2.38. The topological polar surface area (TPSA) is 67.8 Å². The molecule has 1 aliphatic rings. The van der Waals surface area contributed by atoms with Crippen LogP contribution in [0.3, 0.4) is 0 Å². The number of hydrogen-bond donors (Lipinski definition) is 1. The fourth-order valence-electron chi connectivity index (χ4n) is 1.19. The predicted octanol–water partition coefficient (Wildman–Crippen LogP) is 2.30. The van der Waals surface area contributed by atoms with Crippen molar-refractivity contribution >= 4 is 44.7 Å². The molecular weight excluding hydrogens is 272 g/mol. The van der Waals surface area contributed by atoms with Crippen molar-refractivity contribution in [3.63, 3.8) is 0 Å². The lowest BCUT2D eigenvalue weighted by atomic mass is 10.5. The van der Waals surface area contributed by atoms with Gasteiger partial charge in [0.1, 0.15) is 0 Å². The van der Waals surface area contributed by atoms with Crippen LogP contribution in [0.25, 0.3) is 0 Å². The minimum atomic E-state index is -3.68. The van der Waals surface area contributed by atoms with Gasteiger partial charge < -0.3 is 10.1 Å². The van der Waals surface area contributed by atoms with Gasteiger partial charge in [0.25, 0.3) is 10.0 Å². The van der Waals surface area contributed by atoms with Crippen molar-refractivity contribution in [1.82, 2.24) is 0 Å². The lowest BCUT2D eigenvalue weighted by Gasteiger charge is -2.16. The third kappa shape index (κ3) is 2.16. The Labute approximate surface area is 102 Å². The number of halogens is 1. The largest absolute Gasteiger partial charge is 0.462 e. The van der Waals surface area contributed by atoms with Crippen molar-refractivity contribution < 1.29 is 13.2 Å². The molecule has 0 fully saturated rings. The van der Waals surface area contributed by atoms with Gasteiger partial charge in [0.15, 0.2) is 4.21 Å². The van der Waals surface area contributed by atoms with Crippen LogP contribution in [0.4, 0.5) is 5.69 Å². The molecule has 0 unspecified atom stereocenters. The molecule has 88 valence electrons. The van der Waals surface area contributed by atoms with Gasteiger partial charge >= 0.3 is 6.02 Å². The molecule has 0 saturated carbocycles. The zero-order valence-electron chi connectivity index (χ0n) is 8.52. The van der Waals surface area contributed by atoms with Crippen molar-refractivity contribution in [2.24, 2.45) is 4.40 Å². The molecule has 0 radical (unpaired) electrons. The molecule has 1 N–H and O–H groups in total. The van der Waals surface area contributed by atoms with Crippen molar-refractivity contribution in [2.45, 2.75) is 24.2 Å². The standard InChI is InChI=1S/C8H9ClN2O3S2/c1-4(2)14-8-10-5-3-6(9)15-7(5)16(12,13)11-8/h3-4H,1-2H3,(H,10,11). The number of nitrogens with one attached hydrogen (secondary N) is 1. The Balaban J connectivity index is 2.42. The lowest BCUT2D eigenvalue weighted by molar-refractivity contribution is 0.228. The van der Waals surface area contributed by atoms with E-state index in [4.69, 9.17) is 16.3 Å². The number of sulfonamides is 1. The van der Waals surface area contributed by atoms with E-state index in [0.717, 1.165) is 11.3 Å². The van der Waals surface area contributed by atoms with Crippen molar-refractivity contribution in [3.8, 4) is 0 Å². The van der Waals surface area contributed by atoms with Crippen LogP contribution in [0.15, 0.2) is 14.7 Å². The molecule has 0 atom stereocenters. The zero-order valence-corrected chi connectivity index (χ0v) is 10.9. The van der Waals surface area contributed by atoms with Crippen LogP contribution >= 0.6 is 22.9 Å². The lowest BCUT2D eigenvalue weighted by Crippen LogP contribution is -2.25. The molecule has 0 aliphatic carbocycles. The molecule has 1 aliphatic heterocycles. The summed E-state index contributed by atoms with van der Waals surface area (Å²) in [7, 11) is -3.68. The first-order chi connectivity index (χ1) is 7.38. The van der Waals surface area contributed by atoms with Crippen molar-refractivity contribution in [3.05, 3.63) is 10.4 Å². The minimum Gasteiger partial charge on any atom is -0.462 e. The van der Waals surface area contributed by atoms with Gasteiger partial charge in [-0.1, -0.05) is 11.6 Å². The van der Waals surface area contributed by atoms with E-state index in [9.17, 15) is 8.42 Å². The number of ether oxygens (including phenoxy) is 1. The highest BCUT2D eigenvalue weighted by atomic mass is 35.5. The Morgan fingerprint density at radius 1 is 1.56 bits per heavy atom. The second-order valence-corrected chi connectivity index (χ2v) is 6.90. The first kappa shape index (κ1) is 11.7. The number of anilines is 1. The monoisotopic (exact) mass is 280 g/mol. The van der Waals surface area contributed by atoms with E-state index in [1.165, 1.54) is 6.07 Å². The summed E-state index contributed by atoms with van der Waals surface area (Å²) < 4.78 is 32.7. The molecule has 5 nitrogen and oxygen atoms in total. The van der Waals surface area contributed by atoms with E-state index in [0.29, 0.717) is 10.0 Å². The molecule has 0 amide bonds. The molecule has 1 aromatic heterocycles. The van der Waals surface area contributed by atoms with Gasteiger partial charge in [-0.3, -0.25) is 0 Å². The van der Waals surface area contributed by atoms with Crippen LogP contribution < -0.4 is 5.32 Å². The quantitative estimate of drug-likeness (QED) is 0.857. The van der Waals surface area contributed by atoms with Gasteiger partial charge in [0, 0.05) is 0 Å². The molecule has 0 bridgehead atoms. The predicted molar refractivity (Wildman–Crippen MR) is 63.8 cm³/mol. The summed E-state index contributed by atoms with van der Waals surface area (Å²) >= 11 is 6.72. The number of fused-ring (bicyclic) bond motifs is 1. The number of amidine groups is 1. The van der Waals surface area contributed by atoms with Crippen LogP contribution in [-0.2, 0) is 14.8 Å². The van der Waals surface area contributed by atoms with E-state index in [1.807, 2.05) is 0 Å². The summed E-state index contributed by atoms with van der Waals surface area (Å²) in [5, 5.41) is 2.78. The number of nitrogens with zero attached hydrogens (tertiary/aromatic N) is 1. The Morgan fingerprint density at radius 3 is 2.88 bits per heavy atom. The van der Waals surface area contributed by atoms with Crippen molar-refractivity contribution in [1.29, 1.82) is 0 Å². The van der Waals surface area contributed by atoms with E-state index in [-0.39, 0.29) is 16.3 Å². The van der Waals surface area contributed by atoms with Gasteiger partial charge in [-0.15, -0.1) is 15.7 Å². The Kier molecular flexibility index (Phi) is 2.85. The average molecular weight is 281 g/mol. The smallest absolute Gasteiger partial charge is 0.305 e. The van der Waals surface area contributed by atoms with E-state index in [2.05, 4.69) is 9.71 Å². The molecule has 0 saturated heterocycles. The Morgan fingerprint density at radius 2 is 2.25 bits per heavy atom. The normalized spacial score (nSPS) is 17.6. The third-order valence-corrected chi connectivity index (χ3v) is 4.73. The first-order valence-corrected chi connectivity index (χ1v) is 7.10. The Bertz CT molecular complexity index is 548. The molecule has 8 heteroatoms. The van der Waals surface area contributed by atoms with Gasteiger partial charge in [0.05, 0.1) is 16.1 Å². The molecule has 16 heavy (non-hydrogen) atoms. The van der Waals surface area contributed by atoms with E-state index < -0.39 is 10.0 Å². The summed E-state index contributed by atoms with van der Waals surface area (Å²) in [6, 6.07) is 1.52. The minimum absolute atomic E-state index is 0.0167. The number of thiophene rings is 1. The van der Waals surface area contributed by atoms with Crippen molar-refractivity contribution in [2.75, 3.05) is 5.32 Å². The van der Waals surface area contributed by atoms with Crippen LogP contribution in [-0.4, -0.2) is 20.5 Å². The highest BCUT2D eigenvalue weighted by Gasteiger charge is 2.28. The van der Waals surface area contributed by atoms with Crippen LogP contribution in [0.5, 0.6) is 0 Å². The summed E-state index contributed by atoms with van der Waals surface area (Å²) in [6.45, 7) is 3.57. The van der Waals surface area contributed by atoms with E-state index >= 15 is 0 Å². The maximum absolute atomic E-state index is 11.7. The van der Waals surface area contributed by atoms with E-state index in [1.54, 1.807) is 13.8 Å². The number of hydrogen-bond acceptors (Lipinski definition) is 5. The Hall–Kier alpha value is -0.790. The maximum Gasteiger partial charge on any atom is 0.305 e. The van der Waals surface area contributed by atoms with Gasteiger partial charge in [-0.2, -0.15) is 8.42 Å². The van der Waals surface area contributed by atoms with Crippen LogP contribution in [0, 0.1) is 0 Å². The average Bonchev–Trinajstić information content (AvgIpc) is 2.44. The molecule has 2 heterocycles. The second kappa shape index (κ2) is 3.90. The zero-order chi connectivity index (χ0) is 11.9. The SMILES string of the molecule is CC(C)OC1=NS(=O)(=O)c2sc(Cl)cc2N1. The van der Waals surface area contributed by atoms with Gasteiger partial charge in [0.2, 0.25) is 0 Å². The first-order valence-electron chi connectivity index (χ1n) is 4.46. The summed E-state index contributed by atoms with van der Waals surface area (Å²) in [5.74, 6) is 0. The summed E-state index contributed by atoms with van der Waals surface area (Å²) in [6.07, 6.45) is -0.155. The molecule has 0 aromatic carbocycles. The molecule has 0 spiro atoms. The second-order valence-electron chi connectivity index (χ2n) is 3.41. The van der Waals surface area contributed by atoms with Gasteiger partial charge in [-0.05, 0) is 19.9 Å². The molecule has 1 aromatic rings. The maximum atomic E-state index is 11.7. The van der Waals surface area contributed by atoms with Crippen LogP contribution in [0.2, 0.25) is 4.34 Å². The fourth-order valence-corrected chi connectivity index (χ4v) is 3.82. The van der Waals surface area contributed by atoms with Gasteiger partial charge in [-0.25, -0.2) is 0 Å². The molecular formula is C8H9ClN2O3S2. The van der Waals surface area contributed by atoms with Crippen LogP contribution in [0.1, 0.15) is 13.8 Å².